The molecule has 1 unspecified atom stereocenters. The van der Waals surface area contributed by atoms with E-state index in [-0.39, 0.29) is 51.5 Å². The third kappa shape index (κ3) is 4.95. The van der Waals surface area contributed by atoms with Crippen LogP contribution in [0.3, 0.4) is 0 Å². The van der Waals surface area contributed by atoms with Crippen LogP contribution in [0.2, 0.25) is 5.04 Å². The van der Waals surface area contributed by atoms with E-state index in [1.807, 2.05) is 0 Å². The second-order valence-corrected chi connectivity index (χ2v) is 15.8. The zero-order valence-electron chi connectivity index (χ0n) is 26.5. The van der Waals surface area contributed by atoms with Gasteiger partial charge in [0, 0.05) is 54.0 Å². The van der Waals surface area contributed by atoms with Crippen LogP contribution >= 0.6 is 0 Å². The van der Waals surface area contributed by atoms with Crippen LogP contribution in [-0.4, -0.2) is 80.2 Å². The van der Waals surface area contributed by atoms with Crippen LogP contribution in [0.1, 0.15) is 50.2 Å². The number of ether oxygens (including phenoxy) is 1. The molecule has 5 aliphatic rings. The second kappa shape index (κ2) is 11.1. The van der Waals surface area contributed by atoms with Gasteiger partial charge in [-0.2, -0.15) is 9.97 Å². The molecule has 5 aliphatic heterocycles. The highest BCUT2D eigenvalue weighted by atomic mass is 28.2. The lowest BCUT2D eigenvalue weighted by Gasteiger charge is -2.33. The van der Waals surface area contributed by atoms with Crippen molar-refractivity contribution < 1.29 is 23.0 Å². The van der Waals surface area contributed by atoms with E-state index in [4.69, 9.17) is 16.1 Å². The van der Waals surface area contributed by atoms with Gasteiger partial charge in [-0.25, -0.2) is 13.2 Å². The van der Waals surface area contributed by atoms with Crippen molar-refractivity contribution in [2.24, 2.45) is 0 Å². The van der Waals surface area contributed by atoms with Crippen LogP contribution in [0, 0.1) is 30.9 Å². The minimum Gasteiger partial charge on any atom is -0.508 e. The molecule has 242 valence electrons. The van der Waals surface area contributed by atoms with Crippen LogP contribution < -0.4 is 14.6 Å². The van der Waals surface area contributed by atoms with Gasteiger partial charge in [-0.15, -0.1) is 6.42 Å². The van der Waals surface area contributed by atoms with Gasteiger partial charge in [0.05, 0.1) is 11.1 Å². The van der Waals surface area contributed by atoms with Crippen LogP contribution in [0.25, 0.3) is 32.8 Å². The van der Waals surface area contributed by atoms with E-state index in [1.54, 1.807) is 31.2 Å². The normalized spacial score (nSPS) is 27.4. The van der Waals surface area contributed by atoms with Gasteiger partial charge in [0.2, 0.25) is 0 Å². The summed E-state index contributed by atoms with van der Waals surface area (Å²) in [4.78, 5) is 17.3. The van der Waals surface area contributed by atoms with E-state index in [0.29, 0.717) is 63.5 Å². The van der Waals surface area contributed by atoms with E-state index >= 15 is 8.78 Å². The highest BCUT2D eigenvalue weighted by molar-refractivity contribution is 6.37. The predicted molar refractivity (Wildman–Crippen MR) is 178 cm³/mol. The first kappa shape index (κ1) is 30.5. The molecule has 6 heterocycles. The molecule has 11 heteroatoms. The molecule has 0 amide bonds. The molecule has 2 bridgehead atoms. The number of phenols is 1. The first-order chi connectivity index (χ1) is 22.6. The number of phenolic OH excluding ortho intramolecular Hbond substituents is 1. The highest BCUT2D eigenvalue weighted by Gasteiger charge is 2.49. The van der Waals surface area contributed by atoms with Gasteiger partial charge < -0.3 is 19.7 Å². The number of benzene rings is 3. The number of hydrogen-bond acceptors (Lipinski definition) is 7. The van der Waals surface area contributed by atoms with Crippen molar-refractivity contribution in [1.29, 1.82) is 0 Å². The molecule has 4 atom stereocenters. The van der Waals surface area contributed by atoms with Crippen molar-refractivity contribution in [3.8, 4) is 35.2 Å². The Labute approximate surface area is 274 Å². The number of halogens is 3. The van der Waals surface area contributed by atoms with Crippen LogP contribution in [-0.2, 0) is 0 Å². The Morgan fingerprint density at radius 3 is 2.83 bits per heavy atom. The fraction of sp³-hybridized carbons (Fsp3) is 0.444. The molecule has 0 aliphatic carbocycles. The average Bonchev–Trinajstić information content (AvgIpc) is 3.45. The number of hydrogen-bond donors (Lipinski definition) is 2. The lowest BCUT2D eigenvalue weighted by atomic mass is 9.89. The van der Waals surface area contributed by atoms with E-state index < -0.39 is 23.3 Å². The molecule has 5 saturated heterocycles. The molecule has 2 radical (unpaired) electrons. The van der Waals surface area contributed by atoms with Crippen LogP contribution in [0.5, 0.6) is 11.8 Å². The minimum absolute atomic E-state index is 0.0190. The molecular formula is C36H36F3N5O2Si. The lowest BCUT2D eigenvalue weighted by molar-refractivity contribution is 0.107. The van der Waals surface area contributed by atoms with Crippen molar-refractivity contribution >= 4 is 37.2 Å². The van der Waals surface area contributed by atoms with Gasteiger partial charge in [-0.1, -0.05) is 25.0 Å². The standard InChI is InChI=1S/C36H36F3N5O2Si/c1-4-21-7-5-8-22-13-27(45)20(2)28(29(21)22)30-26(38)14-25-32(31(30)39)40-34(46-19-36-10-6-12-44(36)16-23(37)15-36)41-33(25)43-17-24-9-11-35(3,18-43)47-42-24/h1,5,7-8,13-14,23-24,42,45H,6,9-12,15-19H2,2-3H3/t23-,24?,35+,36+/m1/s1. The Kier molecular flexibility index (Phi) is 7.20. The van der Waals surface area contributed by atoms with Gasteiger partial charge in [0.1, 0.15) is 45.4 Å². The first-order valence-corrected chi connectivity index (χ1v) is 17.3. The quantitative estimate of drug-likeness (QED) is 0.201. The summed E-state index contributed by atoms with van der Waals surface area (Å²) in [6.45, 7) is 6.50. The number of fused-ring (bicyclic) bond motifs is 7. The first-order valence-electron chi connectivity index (χ1n) is 16.3. The summed E-state index contributed by atoms with van der Waals surface area (Å²) in [6.07, 6.45) is 9.10. The number of aromatic hydroxyl groups is 1. The molecule has 1 aromatic heterocycles. The monoisotopic (exact) mass is 655 g/mol. The largest absolute Gasteiger partial charge is 0.508 e. The van der Waals surface area contributed by atoms with Crippen molar-refractivity contribution in [3.63, 3.8) is 0 Å². The van der Waals surface area contributed by atoms with Gasteiger partial charge in [-0.3, -0.25) is 4.90 Å². The number of aromatic nitrogens is 2. The van der Waals surface area contributed by atoms with E-state index in [9.17, 15) is 9.50 Å². The Balaban J connectivity index is 1.33. The second-order valence-electron chi connectivity index (χ2n) is 14.0. The maximum Gasteiger partial charge on any atom is 0.319 e. The number of anilines is 1. The fourth-order valence-electron chi connectivity index (χ4n) is 8.39. The van der Waals surface area contributed by atoms with Crippen molar-refractivity contribution in [3.05, 3.63) is 53.1 Å². The summed E-state index contributed by atoms with van der Waals surface area (Å²) in [6, 6.07) is 8.27. The summed E-state index contributed by atoms with van der Waals surface area (Å²) < 4.78 is 54.5. The van der Waals surface area contributed by atoms with Crippen molar-refractivity contribution in [2.45, 2.75) is 68.7 Å². The summed E-state index contributed by atoms with van der Waals surface area (Å²) in [5, 5.41) is 12.1. The molecule has 7 nitrogen and oxygen atoms in total. The summed E-state index contributed by atoms with van der Waals surface area (Å²) in [5.74, 6) is 1.26. The van der Waals surface area contributed by atoms with Gasteiger partial charge >= 0.3 is 6.01 Å². The Hall–Kier alpha value is -3.85. The van der Waals surface area contributed by atoms with Gasteiger partial charge in [0.25, 0.3) is 0 Å². The lowest BCUT2D eigenvalue weighted by Crippen LogP contribution is -2.43. The Bertz CT molecular complexity index is 1980. The topological polar surface area (TPSA) is 73.8 Å². The minimum atomic E-state index is -0.926. The third-order valence-corrected chi connectivity index (χ3v) is 12.3. The number of terminal acetylenes is 1. The van der Waals surface area contributed by atoms with Gasteiger partial charge in [-0.05, 0) is 73.3 Å². The molecule has 0 saturated carbocycles. The number of alkyl halides is 1. The van der Waals surface area contributed by atoms with Crippen LogP contribution in [0.4, 0.5) is 19.0 Å². The highest BCUT2D eigenvalue weighted by Crippen LogP contribution is 2.46. The number of nitrogens with zero attached hydrogens (tertiary/aromatic N) is 4. The molecule has 9 rings (SSSR count). The molecule has 2 N–H and O–H groups in total. The van der Waals surface area contributed by atoms with E-state index in [0.717, 1.165) is 32.2 Å². The SMILES string of the molecule is C#Cc1cccc2cc(O)c(C)c(-c3c(F)cc4c(N5CC6CC[C@@](C)(C5)[Si]N6)nc(OC[C@@]56CCCN5C[C@H](F)C6)nc4c3F)c12. The zero-order valence-corrected chi connectivity index (χ0v) is 27.5. The Morgan fingerprint density at radius 1 is 1.19 bits per heavy atom. The molecule has 0 spiro atoms. The van der Waals surface area contributed by atoms with E-state index in [2.05, 4.69) is 32.6 Å². The number of rotatable bonds is 5. The summed E-state index contributed by atoms with van der Waals surface area (Å²) in [5.41, 5.74) is 0.0824. The van der Waals surface area contributed by atoms with Crippen LogP contribution in [0.15, 0.2) is 30.3 Å². The maximum atomic E-state index is 17.1. The average molecular weight is 656 g/mol. The molecule has 3 aromatic carbocycles. The smallest absolute Gasteiger partial charge is 0.319 e. The van der Waals surface area contributed by atoms with Gasteiger partial charge in [0.15, 0.2) is 5.82 Å². The molecular weight excluding hydrogens is 620 g/mol. The fourth-order valence-corrected chi connectivity index (χ4v) is 9.72. The molecule has 5 fully saturated rings. The predicted octanol–water partition coefficient (Wildman–Crippen LogP) is 6.05. The number of nitrogens with one attached hydrogen (secondary N) is 1. The van der Waals surface area contributed by atoms with Crippen molar-refractivity contribution in [1.82, 2.24) is 19.9 Å². The molecule has 4 aromatic rings. The van der Waals surface area contributed by atoms with E-state index in [1.165, 1.54) is 6.07 Å². The zero-order chi connectivity index (χ0) is 32.7. The molecule has 47 heavy (non-hydrogen) atoms. The summed E-state index contributed by atoms with van der Waals surface area (Å²) in [7, 11) is 0.560. The Morgan fingerprint density at radius 2 is 2.04 bits per heavy atom. The van der Waals surface area contributed by atoms with Crippen molar-refractivity contribution in [2.75, 3.05) is 37.7 Å². The summed E-state index contributed by atoms with van der Waals surface area (Å²) >= 11 is 0. The third-order valence-electron chi connectivity index (χ3n) is 10.8. The maximum absolute atomic E-state index is 17.1.